The number of hydrogen-bond acceptors (Lipinski definition) is 3. The molecule has 2 rings (SSSR count). The first-order chi connectivity index (χ1) is 14.2. The normalized spacial score (nSPS) is 13.8. The fourth-order valence-corrected chi connectivity index (χ4v) is 4.84. The standard InChI is InChI=1S/C23H33N3O3S/c1-6-26(7-2)30(28,29)22-15-13-20(14-16-22)18(3)24-17-23(27)25(5)19(4)21-11-9-8-10-12-21/h8-16,18-19,24H,6-7,17H2,1-5H3/p+1/t18-,19-/m1/s1. The van der Waals surface area contributed by atoms with Crippen molar-refractivity contribution in [2.45, 2.75) is 44.7 Å². The quantitative estimate of drug-likeness (QED) is 0.627. The van der Waals surface area contributed by atoms with Crippen LogP contribution in [0, 0.1) is 0 Å². The van der Waals surface area contributed by atoms with Crippen LogP contribution in [0.1, 0.15) is 50.9 Å². The zero-order valence-electron chi connectivity index (χ0n) is 18.6. The molecule has 2 aromatic carbocycles. The highest BCUT2D eigenvalue weighted by atomic mass is 32.2. The van der Waals surface area contributed by atoms with Crippen molar-refractivity contribution in [3.05, 3.63) is 65.7 Å². The van der Waals surface area contributed by atoms with Gasteiger partial charge in [0.05, 0.1) is 10.9 Å². The van der Waals surface area contributed by atoms with Gasteiger partial charge in [-0.25, -0.2) is 8.42 Å². The van der Waals surface area contributed by atoms with E-state index in [1.165, 1.54) is 4.31 Å². The van der Waals surface area contributed by atoms with Crippen LogP contribution >= 0.6 is 0 Å². The maximum atomic E-state index is 12.6. The van der Waals surface area contributed by atoms with Gasteiger partial charge >= 0.3 is 0 Å². The highest BCUT2D eigenvalue weighted by molar-refractivity contribution is 7.89. The SMILES string of the molecule is CCN(CC)S(=O)(=O)c1ccc([C@@H](C)[NH2+]CC(=O)N(C)[C@H](C)c2ccccc2)cc1. The lowest BCUT2D eigenvalue weighted by atomic mass is 10.1. The molecule has 0 aliphatic carbocycles. The van der Waals surface area contributed by atoms with E-state index in [1.807, 2.05) is 82.5 Å². The van der Waals surface area contributed by atoms with Gasteiger partial charge < -0.3 is 10.2 Å². The van der Waals surface area contributed by atoms with Gasteiger partial charge in [0.25, 0.3) is 5.91 Å². The summed E-state index contributed by atoms with van der Waals surface area (Å²) >= 11 is 0. The number of rotatable bonds is 10. The summed E-state index contributed by atoms with van der Waals surface area (Å²) in [5, 5.41) is 1.98. The van der Waals surface area contributed by atoms with Crippen LogP contribution in [0.2, 0.25) is 0 Å². The fraction of sp³-hybridized carbons (Fsp3) is 0.435. The van der Waals surface area contributed by atoms with E-state index in [0.29, 0.717) is 24.5 Å². The zero-order chi connectivity index (χ0) is 22.3. The Morgan fingerprint density at radius 2 is 1.50 bits per heavy atom. The average molecular weight is 433 g/mol. The van der Waals surface area contributed by atoms with E-state index in [2.05, 4.69) is 0 Å². The molecule has 0 aromatic heterocycles. The van der Waals surface area contributed by atoms with Crippen LogP contribution in [0.25, 0.3) is 0 Å². The topological polar surface area (TPSA) is 74.3 Å². The molecular weight excluding hydrogens is 398 g/mol. The van der Waals surface area contributed by atoms with Crippen molar-refractivity contribution in [3.8, 4) is 0 Å². The minimum atomic E-state index is -3.45. The first-order valence-electron chi connectivity index (χ1n) is 10.5. The van der Waals surface area contributed by atoms with Crippen molar-refractivity contribution >= 4 is 15.9 Å². The lowest BCUT2D eigenvalue weighted by molar-refractivity contribution is -0.683. The van der Waals surface area contributed by atoms with Gasteiger partial charge in [0.15, 0.2) is 6.54 Å². The Balaban J connectivity index is 1.98. The molecule has 7 heteroatoms. The van der Waals surface area contributed by atoms with Gasteiger partial charge in [-0.1, -0.05) is 56.3 Å². The van der Waals surface area contributed by atoms with Gasteiger partial charge in [0.1, 0.15) is 6.04 Å². The Hall–Kier alpha value is -2.22. The Kier molecular flexibility index (Phi) is 8.58. The predicted octanol–water partition coefficient (Wildman–Crippen LogP) is 2.56. The van der Waals surface area contributed by atoms with Crippen molar-refractivity contribution in [1.82, 2.24) is 9.21 Å². The molecule has 0 heterocycles. The van der Waals surface area contributed by atoms with Crippen LogP contribution in [0.4, 0.5) is 0 Å². The summed E-state index contributed by atoms with van der Waals surface area (Å²) < 4.78 is 26.7. The van der Waals surface area contributed by atoms with Crippen molar-refractivity contribution < 1.29 is 18.5 Å². The summed E-state index contributed by atoms with van der Waals surface area (Å²) in [6, 6.07) is 17.0. The molecule has 2 atom stereocenters. The number of nitrogens with two attached hydrogens (primary N) is 1. The molecule has 0 fully saturated rings. The molecule has 30 heavy (non-hydrogen) atoms. The second kappa shape index (κ2) is 10.7. The Morgan fingerprint density at radius 3 is 2.03 bits per heavy atom. The highest BCUT2D eigenvalue weighted by Gasteiger charge is 2.23. The molecule has 0 saturated carbocycles. The molecular formula is C23H34N3O3S+. The summed E-state index contributed by atoms with van der Waals surface area (Å²) in [6.45, 7) is 8.92. The molecule has 2 aromatic rings. The summed E-state index contributed by atoms with van der Waals surface area (Å²) in [4.78, 5) is 14.7. The predicted molar refractivity (Wildman–Crippen MR) is 119 cm³/mol. The van der Waals surface area contributed by atoms with Crippen LogP contribution in [-0.2, 0) is 14.8 Å². The Labute approximate surface area is 180 Å². The summed E-state index contributed by atoms with van der Waals surface area (Å²) in [5.74, 6) is 0.0546. The number of sulfonamides is 1. The molecule has 164 valence electrons. The third-order valence-corrected chi connectivity index (χ3v) is 7.72. The smallest absolute Gasteiger partial charge is 0.277 e. The van der Waals surface area contributed by atoms with E-state index in [1.54, 1.807) is 17.0 Å². The van der Waals surface area contributed by atoms with Gasteiger partial charge in [-0.05, 0) is 31.5 Å². The largest absolute Gasteiger partial charge is 0.334 e. The van der Waals surface area contributed by atoms with E-state index >= 15 is 0 Å². The molecule has 1 amide bonds. The lowest BCUT2D eigenvalue weighted by Gasteiger charge is -2.25. The van der Waals surface area contributed by atoms with Crippen molar-refractivity contribution in [3.63, 3.8) is 0 Å². The first-order valence-corrected chi connectivity index (χ1v) is 11.9. The number of carbonyl (C=O) groups is 1. The molecule has 0 spiro atoms. The van der Waals surface area contributed by atoms with E-state index in [-0.39, 0.29) is 18.0 Å². The lowest BCUT2D eigenvalue weighted by Crippen LogP contribution is -2.87. The molecule has 2 N–H and O–H groups in total. The molecule has 0 unspecified atom stereocenters. The molecule has 0 aliphatic rings. The van der Waals surface area contributed by atoms with Gasteiger partial charge in [0, 0.05) is 25.7 Å². The molecule has 0 radical (unpaired) electrons. The van der Waals surface area contributed by atoms with E-state index < -0.39 is 10.0 Å². The van der Waals surface area contributed by atoms with E-state index in [4.69, 9.17) is 0 Å². The second-order valence-electron chi connectivity index (χ2n) is 7.48. The summed E-state index contributed by atoms with van der Waals surface area (Å²) in [6.07, 6.45) is 0. The number of likely N-dealkylation sites (N-methyl/N-ethyl adjacent to an activating group) is 1. The monoisotopic (exact) mass is 432 g/mol. The third kappa shape index (κ3) is 5.68. The number of quaternary nitrogens is 1. The van der Waals surface area contributed by atoms with Crippen LogP contribution in [-0.4, -0.2) is 50.2 Å². The number of nitrogens with zero attached hydrogens (tertiary/aromatic N) is 2. The minimum Gasteiger partial charge on any atom is -0.334 e. The zero-order valence-corrected chi connectivity index (χ0v) is 19.4. The van der Waals surface area contributed by atoms with Crippen LogP contribution < -0.4 is 5.32 Å². The number of amides is 1. The Morgan fingerprint density at radius 1 is 0.933 bits per heavy atom. The maximum Gasteiger partial charge on any atom is 0.277 e. The van der Waals surface area contributed by atoms with Gasteiger partial charge in [0.2, 0.25) is 10.0 Å². The van der Waals surface area contributed by atoms with Crippen LogP contribution in [0.5, 0.6) is 0 Å². The summed E-state index contributed by atoms with van der Waals surface area (Å²) in [5.41, 5.74) is 2.09. The van der Waals surface area contributed by atoms with Crippen molar-refractivity contribution in [2.24, 2.45) is 0 Å². The highest BCUT2D eigenvalue weighted by Crippen LogP contribution is 2.19. The van der Waals surface area contributed by atoms with E-state index in [9.17, 15) is 13.2 Å². The molecule has 0 bridgehead atoms. The minimum absolute atomic E-state index is 0.00646. The number of carbonyl (C=O) groups excluding carboxylic acids is 1. The van der Waals surface area contributed by atoms with Crippen molar-refractivity contribution in [1.29, 1.82) is 0 Å². The summed E-state index contributed by atoms with van der Waals surface area (Å²) in [7, 11) is -1.63. The first kappa shape index (κ1) is 24.1. The molecule has 0 aliphatic heterocycles. The fourth-order valence-electron chi connectivity index (χ4n) is 3.38. The molecule has 0 saturated heterocycles. The van der Waals surface area contributed by atoms with Gasteiger partial charge in [-0.2, -0.15) is 4.31 Å². The van der Waals surface area contributed by atoms with Crippen LogP contribution in [0.15, 0.2) is 59.5 Å². The average Bonchev–Trinajstić information content (AvgIpc) is 2.77. The number of hydrogen-bond donors (Lipinski definition) is 1. The van der Waals surface area contributed by atoms with Crippen molar-refractivity contribution in [2.75, 3.05) is 26.7 Å². The van der Waals surface area contributed by atoms with Crippen LogP contribution in [0.3, 0.4) is 0 Å². The maximum absolute atomic E-state index is 12.6. The van der Waals surface area contributed by atoms with Gasteiger partial charge in [-0.3, -0.25) is 4.79 Å². The van der Waals surface area contributed by atoms with E-state index in [0.717, 1.165) is 11.1 Å². The molecule has 6 nitrogen and oxygen atoms in total. The second-order valence-corrected chi connectivity index (χ2v) is 9.42. The Bertz CT molecular complexity index is 910. The number of benzene rings is 2. The third-order valence-electron chi connectivity index (χ3n) is 5.65. The van der Waals surface area contributed by atoms with Gasteiger partial charge in [-0.15, -0.1) is 0 Å².